The lowest BCUT2D eigenvalue weighted by Gasteiger charge is -2.22. The monoisotopic (exact) mass is 271 g/mol. The summed E-state index contributed by atoms with van der Waals surface area (Å²) >= 11 is 0. The van der Waals surface area contributed by atoms with E-state index >= 15 is 0 Å². The predicted molar refractivity (Wildman–Crippen MR) is 74.8 cm³/mol. The van der Waals surface area contributed by atoms with Crippen molar-refractivity contribution in [2.75, 3.05) is 25.0 Å². The third-order valence-corrected chi connectivity index (χ3v) is 2.79. The van der Waals surface area contributed by atoms with Crippen molar-refractivity contribution in [2.24, 2.45) is 5.92 Å². The Hall–Kier alpha value is -1.23. The van der Waals surface area contributed by atoms with Gasteiger partial charge < -0.3 is 10.2 Å². The molecule has 0 aliphatic rings. The molecule has 1 aromatic rings. The highest BCUT2D eigenvalue weighted by atomic mass is 19.3. The molecule has 0 atom stereocenters. The molecule has 0 unspecified atom stereocenters. The van der Waals surface area contributed by atoms with Crippen LogP contribution in [0.4, 0.5) is 14.5 Å². The van der Waals surface area contributed by atoms with E-state index in [1.54, 1.807) is 18.1 Å². The van der Waals surface area contributed by atoms with Crippen LogP contribution in [0.3, 0.4) is 0 Å². The highest BCUT2D eigenvalue weighted by molar-refractivity contribution is 5.53. The number of aryl methyl sites for hydroxylation is 1. The van der Waals surface area contributed by atoms with E-state index in [0.717, 1.165) is 23.5 Å². The van der Waals surface area contributed by atoms with Gasteiger partial charge in [-0.05, 0) is 25.5 Å². The molecule has 0 amide bonds. The van der Waals surface area contributed by atoms with E-state index in [9.17, 15) is 8.78 Å². The molecule has 0 spiro atoms. The Morgan fingerprint density at radius 1 is 1.37 bits per heavy atom. The molecule has 0 saturated heterocycles. The maximum absolute atomic E-state index is 12.5. The van der Waals surface area contributed by atoms with Gasteiger partial charge in [0.25, 0.3) is 6.43 Å². The first-order valence-electron chi connectivity index (χ1n) is 6.55. The van der Waals surface area contributed by atoms with Crippen LogP contribution >= 0.6 is 0 Å². The maximum atomic E-state index is 12.5. The topological polar surface area (TPSA) is 28.2 Å². The third kappa shape index (κ3) is 5.51. The van der Waals surface area contributed by atoms with Gasteiger partial charge in [-0.2, -0.15) is 0 Å². The first kappa shape index (κ1) is 15.8. The molecular formula is C14H23F2N3. The molecule has 0 fully saturated rings. The first-order valence-corrected chi connectivity index (χ1v) is 6.55. The first-order chi connectivity index (χ1) is 8.90. The van der Waals surface area contributed by atoms with Crippen LogP contribution in [0.5, 0.6) is 0 Å². The third-order valence-electron chi connectivity index (χ3n) is 2.79. The minimum absolute atomic E-state index is 0.263. The minimum atomic E-state index is -2.34. The Labute approximate surface area is 114 Å². The zero-order valence-corrected chi connectivity index (χ0v) is 12.1. The van der Waals surface area contributed by atoms with Crippen LogP contribution in [0, 0.1) is 12.8 Å². The molecule has 1 heterocycles. The summed E-state index contributed by atoms with van der Waals surface area (Å²) in [6.07, 6.45) is -0.574. The average Bonchev–Trinajstić information content (AvgIpc) is 2.29. The number of halogens is 2. The standard InChI is InChI=1S/C14H23F2N3/c1-10(2)6-17-7-12-8-18-11(3)5-13(12)19(4)9-14(15)16/h5,8,10,14,17H,6-7,9H2,1-4H3. The van der Waals surface area contributed by atoms with Crippen LogP contribution in [0.25, 0.3) is 0 Å². The molecule has 0 bridgehead atoms. The van der Waals surface area contributed by atoms with Gasteiger partial charge in [-0.3, -0.25) is 4.98 Å². The Morgan fingerprint density at radius 3 is 2.63 bits per heavy atom. The van der Waals surface area contributed by atoms with Crippen molar-refractivity contribution < 1.29 is 8.78 Å². The minimum Gasteiger partial charge on any atom is -0.369 e. The van der Waals surface area contributed by atoms with Crippen LogP contribution in [0.2, 0.25) is 0 Å². The zero-order valence-electron chi connectivity index (χ0n) is 12.1. The molecule has 0 aliphatic heterocycles. The SMILES string of the molecule is Cc1cc(N(C)CC(F)F)c(CNCC(C)C)cn1. The van der Waals surface area contributed by atoms with Gasteiger partial charge in [0.1, 0.15) is 0 Å². The fourth-order valence-electron chi connectivity index (χ4n) is 1.87. The lowest BCUT2D eigenvalue weighted by atomic mass is 10.1. The van der Waals surface area contributed by atoms with Crippen molar-refractivity contribution in [1.29, 1.82) is 0 Å². The zero-order chi connectivity index (χ0) is 14.4. The molecule has 0 aromatic carbocycles. The quantitative estimate of drug-likeness (QED) is 0.826. The number of alkyl halides is 2. The van der Waals surface area contributed by atoms with Crippen molar-refractivity contribution in [3.8, 4) is 0 Å². The second-order valence-corrected chi connectivity index (χ2v) is 5.25. The number of nitrogens with one attached hydrogen (secondary N) is 1. The van der Waals surface area contributed by atoms with Crippen LogP contribution in [-0.2, 0) is 6.54 Å². The predicted octanol–water partition coefficient (Wildman–Crippen LogP) is 2.84. The van der Waals surface area contributed by atoms with Crippen LogP contribution in [-0.4, -0.2) is 31.5 Å². The van der Waals surface area contributed by atoms with E-state index in [1.807, 2.05) is 13.0 Å². The summed E-state index contributed by atoms with van der Waals surface area (Å²) in [5.41, 5.74) is 2.61. The van der Waals surface area contributed by atoms with E-state index in [2.05, 4.69) is 24.1 Å². The Bertz CT molecular complexity index is 394. The van der Waals surface area contributed by atoms with Gasteiger partial charge in [0.05, 0.1) is 6.54 Å². The second kappa shape index (κ2) is 7.38. The van der Waals surface area contributed by atoms with Gasteiger partial charge in [0.2, 0.25) is 0 Å². The van der Waals surface area contributed by atoms with Gasteiger partial charge in [-0.1, -0.05) is 13.8 Å². The van der Waals surface area contributed by atoms with Crippen molar-refractivity contribution >= 4 is 5.69 Å². The lowest BCUT2D eigenvalue weighted by molar-refractivity contribution is 0.156. The van der Waals surface area contributed by atoms with Crippen LogP contribution in [0.15, 0.2) is 12.3 Å². The van der Waals surface area contributed by atoms with Crippen LogP contribution < -0.4 is 10.2 Å². The molecule has 3 nitrogen and oxygen atoms in total. The van der Waals surface area contributed by atoms with Crippen molar-refractivity contribution in [3.05, 3.63) is 23.5 Å². The molecule has 5 heteroatoms. The van der Waals surface area contributed by atoms with Gasteiger partial charge in [0, 0.05) is 36.7 Å². The fourth-order valence-corrected chi connectivity index (χ4v) is 1.87. The summed E-state index contributed by atoms with van der Waals surface area (Å²) in [6, 6.07) is 1.86. The van der Waals surface area contributed by atoms with E-state index < -0.39 is 6.43 Å². The van der Waals surface area contributed by atoms with Crippen molar-refractivity contribution in [3.63, 3.8) is 0 Å². The Kier molecular flexibility index (Phi) is 6.15. The molecular weight excluding hydrogens is 248 g/mol. The number of rotatable bonds is 7. The molecule has 1 aromatic heterocycles. The second-order valence-electron chi connectivity index (χ2n) is 5.25. The molecule has 1 N–H and O–H groups in total. The summed E-state index contributed by atoms with van der Waals surface area (Å²) in [5.74, 6) is 0.556. The smallest absolute Gasteiger partial charge is 0.255 e. The maximum Gasteiger partial charge on any atom is 0.255 e. The van der Waals surface area contributed by atoms with E-state index in [0.29, 0.717) is 12.5 Å². The molecule has 19 heavy (non-hydrogen) atoms. The molecule has 0 saturated carbocycles. The van der Waals surface area contributed by atoms with Gasteiger partial charge in [-0.15, -0.1) is 0 Å². The lowest BCUT2D eigenvalue weighted by Crippen LogP contribution is -2.27. The molecule has 1 rings (SSSR count). The number of aromatic nitrogens is 1. The van der Waals surface area contributed by atoms with E-state index in [-0.39, 0.29) is 6.54 Å². The van der Waals surface area contributed by atoms with Gasteiger partial charge in [-0.25, -0.2) is 8.78 Å². The average molecular weight is 271 g/mol. The summed E-state index contributed by atoms with van der Waals surface area (Å²) in [4.78, 5) is 5.83. The largest absolute Gasteiger partial charge is 0.369 e. The number of hydrogen-bond acceptors (Lipinski definition) is 3. The summed E-state index contributed by atoms with van der Waals surface area (Å²) < 4.78 is 25.0. The number of anilines is 1. The molecule has 108 valence electrons. The normalized spacial score (nSPS) is 11.4. The number of pyridine rings is 1. The van der Waals surface area contributed by atoms with Crippen LogP contribution in [0.1, 0.15) is 25.1 Å². The molecule has 0 radical (unpaired) electrons. The number of nitrogens with zero attached hydrogens (tertiary/aromatic N) is 2. The van der Waals surface area contributed by atoms with Gasteiger partial charge in [0.15, 0.2) is 0 Å². The summed E-state index contributed by atoms with van der Waals surface area (Å²) in [6.45, 7) is 7.40. The molecule has 0 aliphatic carbocycles. The van der Waals surface area contributed by atoms with Crippen molar-refractivity contribution in [2.45, 2.75) is 33.7 Å². The fraction of sp³-hybridized carbons (Fsp3) is 0.643. The van der Waals surface area contributed by atoms with E-state index in [4.69, 9.17) is 0 Å². The highest BCUT2D eigenvalue weighted by Crippen LogP contribution is 2.20. The van der Waals surface area contributed by atoms with E-state index in [1.165, 1.54) is 0 Å². The summed E-state index contributed by atoms with van der Waals surface area (Å²) in [7, 11) is 1.69. The Morgan fingerprint density at radius 2 is 2.05 bits per heavy atom. The summed E-state index contributed by atoms with van der Waals surface area (Å²) in [5, 5.41) is 3.32. The Balaban J connectivity index is 2.79. The highest BCUT2D eigenvalue weighted by Gasteiger charge is 2.13. The number of hydrogen-bond donors (Lipinski definition) is 1. The van der Waals surface area contributed by atoms with Crippen molar-refractivity contribution in [1.82, 2.24) is 10.3 Å². The van der Waals surface area contributed by atoms with Gasteiger partial charge >= 0.3 is 0 Å².